The maximum absolute atomic E-state index is 13.5. The van der Waals surface area contributed by atoms with Gasteiger partial charge in [0, 0.05) is 12.2 Å². The van der Waals surface area contributed by atoms with Crippen molar-refractivity contribution < 1.29 is 14.0 Å². The van der Waals surface area contributed by atoms with Crippen molar-refractivity contribution in [2.24, 2.45) is 5.73 Å². The number of likely N-dealkylation sites (N-methyl/N-ethyl adjacent to an activating group) is 1. The van der Waals surface area contributed by atoms with Crippen molar-refractivity contribution >= 4 is 17.5 Å². The second-order valence-corrected chi connectivity index (χ2v) is 5.90. The Balaban J connectivity index is 2.21. The molecule has 1 atom stereocenters. The Bertz CT molecular complexity index is 780. The first kappa shape index (κ1) is 19.3. The number of halogens is 1. The van der Waals surface area contributed by atoms with E-state index in [4.69, 9.17) is 5.73 Å². The molecule has 0 saturated carbocycles. The Labute approximate surface area is 152 Å². The quantitative estimate of drug-likeness (QED) is 0.740. The van der Waals surface area contributed by atoms with Crippen LogP contribution in [-0.2, 0) is 9.59 Å². The monoisotopic (exact) mass is 355 g/mol. The molecule has 0 fully saturated rings. The number of para-hydroxylation sites is 1. The Morgan fingerprint density at radius 2 is 1.88 bits per heavy atom. The lowest BCUT2D eigenvalue weighted by molar-refractivity contribution is -0.125. The molecule has 0 aromatic heterocycles. The summed E-state index contributed by atoms with van der Waals surface area (Å²) in [6, 6.07) is 13.9. The van der Waals surface area contributed by atoms with Gasteiger partial charge in [-0.1, -0.05) is 36.4 Å². The summed E-state index contributed by atoms with van der Waals surface area (Å²) in [5.41, 5.74) is 6.63. The normalized spacial score (nSPS) is 11.8. The average Bonchev–Trinajstić information content (AvgIpc) is 2.60. The number of carbonyl (C=O) groups is 2. The van der Waals surface area contributed by atoms with Crippen LogP contribution in [0.15, 0.2) is 67.3 Å². The molecule has 2 amide bonds. The van der Waals surface area contributed by atoms with Crippen LogP contribution in [-0.4, -0.2) is 36.9 Å². The predicted octanol–water partition coefficient (Wildman–Crippen LogP) is 2.50. The summed E-state index contributed by atoms with van der Waals surface area (Å²) in [7, 11) is 1.61. The van der Waals surface area contributed by atoms with Crippen molar-refractivity contribution in [1.29, 1.82) is 0 Å². The number of amides is 2. The second kappa shape index (κ2) is 8.92. The summed E-state index contributed by atoms with van der Waals surface area (Å²) in [5, 5.41) is 0. The standard InChI is InChI=1S/C20H22FN3O2/c1-3-12-24(17-10-5-4-6-11-17)18(25)14-23(2)19(20(22)26)15-8-7-9-16(21)13-15/h3-11,13,19H,1,12,14H2,2H3,(H2,22,26). The molecule has 1 unspecified atom stereocenters. The minimum absolute atomic E-state index is 0.0626. The van der Waals surface area contributed by atoms with Crippen molar-refractivity contribution in [1.82, 2.24) is 4.90 Å². The summed E-state index contributed by atoms with van der Waals surface area (Å²) in [5.74, 6) is -1.34. The molecule has 0 aliphatic heterocycles. The first-order chi connectivity index (χ1) is 12.4. The lowest BCUT2D eigenvalue weighted by Crippen LogP contribution is -2.43. The number of hydrogen-bond acceptors (Lipinski definition) is 3. The molecule has 2 aromatic carbocycles. The van der Waals surface area contributed by atoms with E-state index in [1.807, 2.05) is 30.3 Å². The molecule has 0 heterocycles. The molecule has 0 bridgehead atoms. The van der Waals surface area contributed by atoms with Gasteiger partial charge in [-0.05, 0) is 36.9 Å². The average molecular weight is 355 g/mol. The molecule has 5 nitrogen and oxygen atoms in total. The summed E-state index contributed by atoms with van der Waals surface area (Å²) in [6.45, 7) is 3.95. The van der Waals surface area contributed by atoms with E-state index in [1.165, 1.54) is 23.1 Å². The highest BCUT2D eigenvalue weighted by atomic mass is 19.1. The number of hydrogen-bond donors (Lipinski definition) is 1. The largest absolute Gasteiger partial charge is 0.368 e. The highest BCUT2D eigenvalue weighted by Crippen LogP contribution is 2.21. The van der Waals surface area contributed by atoms with Gasteiger partial charge in [-0.2, -0.15) is 0 Å². The van der Waals surface area contributed by atoms with Crippen molar-refractivity contribution in [3.05, 3.63) is 78.6 Å². The third-order valence-electron chi connectivity index (χ3n) is 3.94. The fraction of sp³-hybridized carbons (Fsp3) is 0.200. The molecular weight excluding hydrogens is 333 g/mol. The molecule has 6 heteroatoms. The molecule has 0 aliphatic rings. The Hall–Kier alpha value is -2.99. The van der Waals surface area contributed by atoms with E-state index in [0.717, 1.165) is 5.69 Å². The first-order valence-electron chi connectivity index (χ1n) is 8.15. The zero-order valence-electron chi connectivity index (χ0n) is 14.6. The summed E-state index contributed by atoms with van der Waals surface area (Å²) in [4.78, 5) is 27.8. The fourth-order valence-electron chi connectivity index (χ4n) is 2.79. The molecule has 0 radical (unpaired) electrons. The van der Waals surface area contributed by atoms with Crippen molar-refractivity contribution in [3.63, 3.8) is 0 Å². The first-order valence-corrected chi connectivity index (χ1v) is 8.15. The van der Waals surface area contributed by atoms with Crippen molar-refractivity contribution in [3.8, 4) is 0 Å². The van der Waals surface area contributed by atoms with Crippen LogP contribution in [0.3, 0.4) is 0 Å². The molecular formula is C20H22FN3O2. The smallest absolute Gasteiger partial charge is 0.241 e. The maximum atomic E-state index is 13.5. The van der Waals surface area contributed by atoms with Gasteiger partial charge in [0.1, 0.15) is 11.9 Å². The number of anilines is 1. The third kappa shape index (κ3) is 4.77. The van der Waals surface area contributed by atoms with Gasteiger partial charge in [0.15, 0.2) is 0 Å². The topological polar surface area (TPSA) is 66.6 Å². The predicted molar refractivity (Wildman–Crippen MR) is 100.0 cm³/mol. The van der Waals surface area contributed by atoms with Gasteiger partial charge in [-0.3, -0.25) is 14.5 Å². The van der Waals surface area contributed by atoms with Crippen LogP contribution in [0, 0.1) is 5.82 Å². The van der Waals surface area contributed by atoms with Crippen LogP contribution >= 0.6 is 0 Å². The van der Waals surface area contributed by atoms with Crippen molar-refractivity contribution in [2.45, 2.75) is 6.04 Å². The minimum Gasteiger partial charge on any atom is -0.368 e. The van der Waals surface area contributed by atoms with E-state index < -0.39 is 17.8 Å². The number of nitrogens with two attached hydrogens (primary N) is 1. The lowest BCUT2D eigenvalue weighted by atomic mass is 10.0. The molecule has 0 spiro atoms. The highest BCUT2D eigenvalue weighted by molar-refractivity contribution is 5.95. The van der Waals surface area contributed by atoms with E-state index >= 15 is 0 Å². The molecule has 136 valence electrons. The summed E-state index contributed by atoms with van der Waals surface area (Å²) < 4.78 is 13.5. The Morgan fingerprint density at radius 3 is 2.46 bits per heavy atom. The van der Waals surface area contributed by atoms with Crippen LogP contribution < -0.4 is 10.6 Å². The Morgan fingerprint density at radius 1 is 1.19 bits per heavy atom. The zero-order valence-corrected chi connectivity index (χ0v) is 14.6. The van der Waals surface area contributed by atoms with Crippen LogP contribution in [0.4, 0.5) is 10.1 Å². The number of primary amides is 1. The number of nitrogens with zero attached hydrogens (tertiary/aromatic N) is 2. The van der Waals surface area contributed by atoms with Crippen LogP contribution in [0.2, 0.25) is 0 Å². The highest BCUT2D eigenvalue weighted by Gasteiger charge is 2.26. The Kier molecular flexibility index (Phi) is 6.63. The van der Waals surface area contributed by atoms with Gasteiger partial charge < -0.3 is 10.6 Å². The van der Waals surface area contributed by atoms with Gasteiger partial charge in [0.2, 0.25) is 11.8 Å². The fourth-order valence-corrected chi connectivity index (χ4v) is 2.79. The third-order valence-corrected chi connectivity index (χ3v) is 3.94. The molecule has 2 N–H and O–H groups in total. The number of carbonyl (C=O) groups excluding carboxylic acids is 2. The van der Waals surface area contributed by atoms with Crippen LogP contribution in [0.5, 0.6) is 0 Å². The van der Waals surface area contributed by atoms with E-state index in [1.54, 1.807) is 24.1 Å². The molecule has 0 saturated heterocycles. The van der Waals surface area contributed by atoms with E-state index in [0.29, 0.717) is 12.1 Å². The van der Waals surface area contributed by atoms with Crippen molar-refractivity contribution in [2.75, 3.05) is 25.0 Å². The van der Waals surface area contributed by atoms with Crippen LogP contribution in [0.1, 0.15) is 11.6 Å². The van der Waals surface area contributed by atoms with Gasteiger partial charge in [-0.15, -0.1) is 6.58 Å². The zero-order chi connectivity index (χ0) is 19.1. The molecule has 2 aromatic rings. The lowest BCUT2D eigenvalue weighted by Gasteiger charge is -2.28. The maximum Gasteiger partial charge on any atom is 0.241 e. The molecule has 0 aliphatic carbocycles. The van der Waals surface area contributed by atoms with E-state index in [2.05, 4.69) is 6.58 Å². The SMILES string of the molecule is C=CCN(C(=O)CN(C)C(C(N)=O)c1cccc(F)c1)c1ccccc1. The second-order valence-electron chi connectivity index (χ2n) is 5.90. The van der Waals surface area contributed by atoms with E-state index in [-0.39, 0.29) is 12.5 Å². The van der Waals surface area contributed by atoms with Gasteiger partial charge >= 0.3 is 0 Å². The number of benzene rings is 2. The van der Waals surface area contributed by atoms with Crippen LogP contribution in [0.25, 0.3) is 0 Å². The molecule has 2 rings (SSSR count). The van der Waals surface area contributed by atoms with Gasteiger partial charge in [-0.25, -0.2) is 4.39 Å². The summed E-state index contributed by atoms with van der Waals surface area (Å²) in [6.07, 6.45) is 1.63. The summed E-state index contributed by atoms with van der Waals surface area (Å²) >= 11 is 0. The van der Waals surface area contributed by atoms with E-state index in [9.17, 15) is 14.0 Å². The molecule has 26 heavy (non-hydrogen) atoms. The van der Waals surface area contributed by atoms with Gasteiger partial charge in [0.25, 0.3) is 0 Å². The van der Waals surface area contributed by atoms with Gasteiger partial charge in [0.05, 0.1) is 6.54 Å². The number of rotatable bonds is 8. The minimum atomic E-state index is -0.906.